The average Bonchev–Trinajstić information content (AvgIpc) is 3.19. The highest BCUT2D eigenvalue weighted by molar-refractivity contribution is 7.17. The maximum absolute atomic E-state index is 13.8. The minimum absolute atomic E-state index is 0.166. The number of nitrogens with zero attached hydrogens (tertiary/aromatic N) is 2. The van der Waals surface area contributed by atoms with E-state index in [2.05, 4.69) is 4.98 Å². The summed E-state index contributed by atoms with van der Waals surface area (Å²) in [5, 5.41) is 0.287. The van der Waals surface area contributed by atoms with E-state index in [1.165, 1.54) is 23.1 Å². The Hall–Kier alpha value is -3.59. The summed E-state index contributed by atoms with van der Waals surface area (Å²) in [5.41, 5.74) is 1.45. The summed E-state index contributed by atoms with van der Waals surface area (Å²) in [4.78, 5) is 43.4. The van der Waals surface area contributed by atoms with Gasteiger partial charge in [-0.15, -0.1) is 0 Å². The number of ether oxygens (including phenoxy) is 2. The van der Waals surface area contributed by atoms with Gasteiger partial charge in [0.25, 0.3) is 5.91 Å². The summed E-state index contributed by atoms with van der Waals surface area (Å²) in [5.74, 6) is -2.28. The van der Waals surface area contributed by atoms with E-state index >= 15 is 0 Å². The van der Waals surface area contributed by atoms with Crippen molar-refractivity contribution in [2.45, 2.75) is 26.8 Å². The van der Waals surface area contributed by atoms with Crippen molar-refractivity contribution in [3.63, 3.8) is 0 Å². The van der Waals surface area contributed by atoms with Gasteiger partial charge in [0.1, 0.15) is 10.7 Å². The molecule has 0 saturated heterocycles. The third kappa shape index (κ3) is 6.45. The van der Waals surface area contributed by atoms with E-state index in [1.807, 2.05) is 30.3 Å². The van der Waals surface area contributed by atoms with Crippen molar-refractivity contribution in [2.75, 3.05) is 18.1 Å². The van der Waals surface area contributed by atoms with E-state index in [4.69, 9.17) is 9.47 Å². The van der Waals surface area contributed by atoms with Gasteiger partial charge >= 0.3 is 11.9 Å². The van der Waals surface area contributed by atoms with Crippen molar-refractivity contribution in [1.29, 1.82) is 0 Å². The predicted molar refractivity (Wildman–Crippen MR) is 122 cm³/mol. The lowest BCUT2D eigenvalue weighted by Gasteiger charge is -2.20. The zero-order valence-electron chi connectivity index (χ0n) is 18.2. The Bertz CT molecular complexity index is 1130. The summed E-state index contributed by atoms with van der Waals surface area (Å²) in [6.45, 7) is 3.20. The summed E-state index contributed by atoms with van der Waals surface area (Å²) in [6, 6.07) is 15.1. The molecular weight excluding hydrogens is 447 g/mol. The number of hydrogen-bond acceptors (Lipinski definition) is 7. The predicted octanol–water partition coefficient (Wildman–Crippen LogP) is 4.09. The van der Waals surface area contributed by atoms with Crippen LogP contribution in [-0.4, -0.2) is 36.0 Å². The minimum atomic E-state index is -0.726. The number of halogens is 1. The summed E-state index contributed by atoms with van der Waals surface area (Å²) < 4.78 is 23.9. The van der Waals surface area contributed by atoms with Crippen LogP contribution < -0.4 is 4.90 Å². The van der Waals surface area contributed by atoms with Gasteiger partial charge < -0.3 is 9.47 Å². The molecule has 172 valence electrons. The molecule has 0 aliphatic heterocycles. The van der Waals surface area contributed by atoms with E-state index in [-0.39, 0.29) is 30.3 Å². The highest BCUT2D eigenvalue weighted by Crippen LogP contribution is 2.28. The standard InChI is InChI=1S/C24H23FN2O5S/c1-3-31-23(30)22-16(2)26-24(33-22)27(14-17-9-5-4-6-10-17)20(28)15-32-21(29)13-18-11-7-8-12-19(18)25/h4-12H,3,13-15H2,1-2H3. The molecule has 0 aliphatic carbocycles. The molecule has 0 bridgehead atoms. The number of amides is 1. The van der Waals surface area contributed by atoms with Crippen LogP contribution in [0.15, 0.2) is 54.6 Å². The zero-order chi connectivity index (χ0) is 23.8. The molecule has 9 heteroatoms. The number of carbonyl (C=O) groups is 3. The largest absolute Gasteiger partial charge is 0.462 e. The Morgan fingerprint density at radius 3 is 2.42 bits per heavy atom. The second-order valence-electron chi connectivity index (χ2n) is 7.03. The molecule has 1 amide bonds. The molecule has 0 aliphatic rings. The lowest BCUT2D eigenvalue weighted by atomic mass is 10.1. The summed E-state index contributed by atoms with van der Waals surface area (Å²) >= 11 is 1.03. The Morgan fingerprint density at radius 2 is 1.73 bits per heavy atom. The third-order valence-corrected chi connectivity index (χ3v) is 5.77. The SMILES string of the molecule is CCOC(=O)c1sc(N(Cc2ccccc2)C(=O)COC(=O)Cc2ccccc2F)nc1C. The number of benzene rings is 2. The molecule has 1 heterocycles. The molecule has 0 radical (unpaired) electrons. The lowest BCUT2D eigenvalue weighted by molar-refractivity contribution is -0.147. The quantitative estimate of drug-likeness (QED) is 0.438. The average molecular weight is 471 g/mol. The number of hydrogen-bond donors (Lipinski definition) is 0. The Labute approximate surface area is 194 Å². The van der Waals surface area contributed by atoms with Crippen LogP contribution in [0.1, 0.15) is 33.4 Å². The Balaban J connectivity index is 1.76. The van der Waals surface area contributed by atoms with Crippen molar-refractivity contribution in [1.82, 2.24) is 4.98 Å². The highest BCUT2D eigenvalue weighted by Gasteiger charge is 2.25. The molecule has 0 spiro atoms. The van der Waals surface area contributed by atoms with E-state index in [1.54, 1.807) is 19.9 Å². The fourth-order valence-electron chi connectivity index (χ4n) is 2.98. The van der Waals surface area contributed by atoms with E-state index in [0.717, 1.165) is 16.9 Å². The van der Waals surface area contributed by atoms with Gasteiger partial charge in [-0.25, -0.2) is 14.2 Å². The second-order valence-corrected chi connectivity index (χ2v) is 8.00. The van der Waals surface area contributed by atoms with Crippen molar-refractivity contribution in [2.24, 2.45) is 0 Å². The molecule has 0 unspecified atom stereocenters. The number of thiazole rings is 1. The van der Waals surface area contributed by atoms with Crippen molar-refractivity contribution >= 4 is 34.3 Å². The fraction of sp³-hybridized carbons (Fsp3) is 0.250. The normalized spacial score (nSPS) is 10.5. The highest BCUT2D eigenvalue weighted by atomic mass is 32.1. The van der Waals surface area contributed by atoms with Crippen LogP contribution in [-0.2, 0) is 32.0 Å². The second kappa shape index (κ2) is 11.3. The number of esters is 2. The molecule has 0 atom stereocenters. The first kappa shape index (κ1) is 24.1. The number of aryl methyl sites for hydroxylation is 1. The van der Waals surface area contributed by atoms with Crippen LogP contribution in [0, 0.1) is 12.7 Å². The van der Waals surface area contributed by atoms with Gasteiger partial charge in [-0.1, -0.05) is 59.9 Å². The molecule has 3 rings (SSSR count). The Morgan fingerprint density at radius 1 is 1.03 bits per heavy atom. The van der Waals surface area contributed by atoms with E-state index < -0.39 is 30.3 Å². The maximum atomic E-state index is 13.8. The van der Waals surface area contributed by atoms with Crippen LogP contribution in [0.5, 0.6) is 0 Å². The first-order chi connectivity index (χ1) is 15.9. The molecule has 1 aromatic heterocycles. The summed E-state index contributed by atoms with van der Waals surface area (Å²) in [6.07, 6.45) is -0.290. The van der Waals surface area contributed by atoms with Crippen LogP contribution in [0.4, 0.5) is 9.52 Å². The van der Waals surface area contributed by atoms with E-state index in [9.17, 15) is 18.8 Å². The van der Waals surface area contributed by atoms with E-state index in [0.29, 0.717) is 10.6 Å². The van der Waals surface area contributed by atoms with Crippen LogP contribution in [0.2, 0.25) is 0 Å². The lowest BCUT2D eigenvalue weighted by Crippen LogP contribution is -2.34. The van der Waals surface area contributed by atoms with Crippen molar-refractivity contribution in [3.05, 3.63) is 82.1 Å². The molecule has 3 aromatic rings. The first-order valence-electron chi connectivity index (χ1n) is 10.3. The van der Waals surface area contributed by atoms with Gasteiger partial charge in [0.2, 0.25) is 0 Å². The Kier molecular flexibility index (Phi) is 8.26. The van der Waals surface area contributed by atoms with Crippen LogP contribution in [0.3, 0.4) is 0 Å². The van der Waals surface area contributed by atoms with Crippen LogP contribution in [0.25, 0.3) is 0 Å². The topological polar surface area (TPSA) is 85.8 Å². The number of aromatic nitrogens is 1. The van der Waals surface area contributed by atoms with Crippen molar-refractivity contribution in [3.8, 4) is 0 Å². The van der Waals surface area contributed by atoms with Crippen molar-refractivity contribution < 1.29 is 28.2 Å². The molecule has 0 saturated carbocycles. The fourth-order valence-corrected chi connectivity index (χ4v) is 3.96. The first-order valence-corrected chi connectivity index (χ1v) is 11.1. The van der Waals surface area contributed by atoms with Gasteiger partial charge in [0, 0.05) is 0 Å². The van der Waals surface area contributed by atoms with Gasteiger partial charge in [0.15, 0.2) is 11.7 Å². The monoisotopic (exact) mass is 470 g/mol. The smallest absolute Gasteiger partial charge is 0.350 e. The molecular formula is C24H23FN2O5S. The number of anilines is 1. The van der Waals surface area contributed by atoms with Gasteiger partial charge in [-0.3, -0.25) is 14.5 Å². The van der Waals surface area contributed by atoms with Gasteiger partial charge in [-0.05, 0) is 31.0 Å². The number of rotatable bonds is 9. The van der Waals surface area contributed by atoms with Gasteiger partial charge in [-0.2, -0.15) is 0 Å². The van der Waals surface area contributed by atoms with Crippen LogP contribution >= 0.6 is 11.3 Å². The minimum Gasteiger partial charge on any atom is -0.462 e. The number of carbonyl (C=O) groups excluding carboxylic acids is 3. The third-order valence-electron chi connectivity index (χ3n) is 4.61. The van der Waals surface area contributed by atoms with Gasteiger partial charge in [0.05, 0.1) is 25.3 Å². The molecule has 0 N–H and O–H groups in total. The zero-order valence-corrected chi connectivity index (χ0v) is 19.1. The molecule has 7 nitrogen and oxygen atoms in total. The molecule has 0 fully saturated rings. The molecule has 2 aromatic carbocycles. The maximum Gasteiger partial charge on any atom is 0.350 e. The molecule has 33 heavy (non-hydrogen) atoms. The summed E-state index contributed by atoms with van der Waals surface area (Å²) in [7, 11) is 0.